The van der Waals surface area contributed by atoms with Gasteiger partial charge in [-0.3, -0.25) is 10.1 Å². The van der Waals surface area contributed by atoms with E-state index in [0.717, 1.165) is 25.0 Å². The van der Waals surface area contributed by atoms with Crippen LogP contribution in [0.1, 0.15) is 12.8 Å². The van der Waals surface area contributed by atoms with Gasteiger partial charge in [-0.2, -0.15) is 9.98 Å². The van der Waals surface area contributed by atoms with E-state index in [1.807, 2.05) is 6.07 Å². The Morgan fingerprint density at radius 2 is 2.05 bits per heavy atom. The van der Waals surface area contributed by atoms with Crippen molar-refractivity contribution in [2.24, 2.45) is 5.92 Å². The van der Waals surface area contributed by atoms with Crippen LogP contribution in [0.15, 0.2) is 17.0 Å². The Kier molecular flexibility index (Phi) is 4.39. The smallest absolute Gasteiger partial charge is 0.258 e. The highest BCUT2D eigenvalue weighted by molar-refractivity contribution is 7.89. The third-order valence-corrected chi connectivity index (χ3v) is 5.30. The van der Waals surface area contributed by atoms with Crippen molar-refractivity contribution in [1.82, 2.24) is 4.72 Å². The van der Waals surface area contributed by atoms with E-state index in [9.17, 15) is 18.5 Å². The van der Waals surface area contributed by atoms with Crippen LogP contribution in [-0.2, 0) is 10.0 Å². The van der Waals surface area contributed by atoms with Gasteiger partial charge in [-0.1, -0.05) is 23.2 Å². The van der Waals surface area contributed by atoms with Crippen LogP contribution < -0.4 is 4.72 Å². The molecule has 1 N–H and O–H groups in total. The van der Waals surface area contributed by atoms with Gasteiger partial charge in [-0.25, -0.2) is 8.42 Å². The monoisotopic (exact) mass is 349 g/mol. The minimum absolute atomic E-state index is 0.0363. The molecule has 1 unspecified atom stereocenters. The number of hydrogen-bond donors (Lipinski definition) is 1. The van der Waals surface area contributed by atoms with Crippen molar-refractivity contribution in [3.05, 3.63) is 32.3 Å². The SMILES string of the molecule is N#CC(NS(=O)(=O)c1ccc(Cl)c([N+](=O)[O-])c1Cl)C1CC1. The van der Waals surface area contributed by atoms with Gasteiger partial charge in [0.2, 0.25) is 10.0 Å². The molecule has 1 saturated carbocycles. The number of nitrogens with one attached hydrogen (secondary N) is 1. The number of sulfonamides is 1. The van der Waals surface area contributed by atoms with Gasteiger partial charge >= 0.3 is 5.69 Å². The highest BCUT2D eigenvalue weighted by Gasteiger charge is 2.36. The molecule has 1 atom stereocenters. The van der Waals surface area contributed by atoms with E-state index in [1.165, 1.54) is 0 Å². The van der Waals surface area contributed by atoms with Crippen LogP contribution in [0.25, 0.3) is 0 Å². The van der Waals surface area contributed by atoms with Crippen LogP contribution in [0, 0.1) is 27.4 Å². The first-order chi connectivity index (χ1) is 9.77. The van der Waals surface area contributed by atoms with Gasteiger partial charge in [0, 0.05) is 0 Å². The van der Waals surface area contributed by atoms with Gasteiger partial charge in [-0.05, 0) is 30.9 Å². The fourth-order valence-electron chi connectivity index (χ4n) is 1.79. The maximum Gasteiger partial charge on any atom is 0.307 e. The van der Waals surface area contributed by atoms with Gasteiger partial charge in [0.25, 0.3) is 0 Å². The van der Waals surface area contributed by atoms with Crippen LogP contribution in [-0.4, -0.2) is 19.4 Å². The van der Waals surface area contributed by atoms with Crippen molar-refractivity contribution in [3.8, 4) is 6.07 Å². The number of nitriles is 1. The van der Waals surface area contributed by atoms with Gasteiger partial charge in [0.1, 0.15) is 21.0 Å². The third-order valence-electron chi connectivity index (χ3n) is 3.02. The lowest BCUT2D eigenvalue weighted by atomic mass is 10.2. The van der Waals surface area contributed by atoms with E-state index in [-0.39, 0.29) is 10.9 Å². The molecule has 1 fully saturated rings. The Hall–Kier alpha value is -1.40. The van der Waals surface area contributed by atoms with Crippen LogP contribution in [0.3, 0.4) is 0 Å². The van der Waals surface area contributed by atoms with E-state index in [0.29, 0.717) is 0 Å². The molecule has 0 heterocycles. The van der Waals surface area contributed by atoms with Crippen LogP contribution in [0.5, 0.6) is 0 Å². The van der Waals surface area contributed by atoms with Crippen molar-refractivity contribution >= 4 is 38.9 Å². The van der Waals surface area contributed by atoms with Crippen molar-refractivity contribution in [2.75, 3.05) is 0 Å². The lowest BCUT2D eigenvalue weighted by Crippen LogP contribution is -2.35. The Morgan fingerprint density at radius 3 is 2.52 bits per heavy atom. The van der Waals surface area contributed by atoms with E-state index < -0.39 is 36.6 Å². The average Bonchev–Trinajstić information content (AvgIpc) is 3.19. The number of halogens is 2. The summed E-state index contributed by atoms with van der Waals surface area (Å²) in [7, 11) is -4.15. The highest BCUT2D eigenvalue weighted by Crippen LogP contribution is 2.38. The molecule has 1 aromatic rings. The van der Waals surface area contributed by atoms with Crippen molar-refractivity contribution in [2.45, 2.75) is 23.8 Å². The first-order valence-electron chi connectivity index (χ1n) is 5.82. The number of nitro groups is 1. The standard InChI is InChI=1S/C11H9Cl2N3O4S/c12-7-3-4-9(10(13)11(7)16(17)18)21(19,20)15-8(5-14)6-1-2-6/h3-4,6,8,15H,1-2H2. The lowest BCUT2D eigenvalue weighted by Gasteiger charge is -2.12. The molecule has 10 heteroatoms. The van der Waals surface area contributed by atoms with Crippen LogP contribution in [0.2, 0.25) is 10.0 Å². The first kappa shape index (κ1) is 16.0. The summed E-state index contributed by atoms with van der Waals surface area (Å²) in [6.07, 6.45) is 1.52. The number of nitro benzene ring substituents is 1. The maximum absolute atomic E-state index is 12.2. The fraction of sp³-hybridized carbons (Fsp3) is 0.364. The minimum Gasteiger partial charge on any atom is -0.258 e. The molecule has 2 rings (SSSR count). The first-order valence-corrected chi connectivity index (χ1v) is 8.06. The quantitative estimate of drug-likeness (QED) is 0.647. The minimum atomic E-state index is -4.15. The van der Waals surface area contributed by atoms with E-state index in [1.54, 1.807) is 0 Å². The zero-order valence-electron chi connectivity index (χ0n) is 10.4. The van der Waals surface area contributed by atoms with Crippen LogP contribution in [0.4, 0.5) is 5.69 Å². The third kappa shape index (κ3) is 3.27. The molecule has 0 aliphatic heterocycles. The second-order valence-corrected chi connectivity index (χ2v) is 7.00. The second-order valence-electron chi connectivity index (χ2n) is 4.53. The summed E-state index contributed by atoms with van der Waals surface area (Å²) in [5.41, 5.74) is -0.680. The Labute approximate surface area is 130 Å². The molecular weight excluding hydrogens is 341 g/mol. The molecule has 0 aromatic heterocycles. The highest BCUT2D eigenvalue weighted by atomic mass is 35.5. The van der Waals surface area contributed by atoms with Gasteiger partial charge in [0.15, 0.2) is 0 Å². The number of rotatable bonds is 5. The summed E-state index contributed by atoms with van der Waals surface area (Å²) < 4.78 is 26.7. The number of benzene rings is 1. The summed E-state index contributed by atoms with van der Waals surface area (Å²) in [4.78, 5) is 9.56. The molecule has 0 amide bonds. The molecule has 1 aliphatic rings. The summed E-state index contributed by atoms with van der Waals surface area (Å²) in [6.45, 7) is 0. The van der Waals surface area contributed by atoms with Crippen LogP contribution >= 0.6 is 23.2 Å². The second kappa shape index (κ2) is 5.77. The molecule has 0 saturated heterocycles. The normalized spacial score (nSPS) is 16.2. The van der Waals surface area contributed by atoms with E-state index in [4.69, 9.17) is 28.5 Å². The Balaban J connectivity index is 2.43. The molecule has 0 bridgehead atoms. The van der Waals surface area contributed by atoms with E-state index in [2.05, 4.69) is 4.72 Å². The molecule has 21 heavy (non-hydrogen) atoms. The Morgan fingerprint density at radius 1 is 1.43 bits per heavy atom. The van der Waals surface area contributed by atoms with Gasteiger partial charge < -0.3 is 0 Å². The molecule has 7 nitrogen and oxygen atoms in total. The van der Waals surface area contributed by atoms with Crippen molar-refractivity contribution in [1.29, 1.82) is 5.26 Å². The molecule has 0 spiro atoms. The summed E-state index contributed by atoms with van der Waals surface area (Å²) in [5, 5.41) is 19.0. The summed E-state index contributed by atoms with van der Waals surface area (Å²) in [6, 6.07) is 3.14. The molecule has 1 aliphatic carbocycles. The van der Waals surface area contributed by atoms with Crippen molar-refractivity contribution < 1.29 is 13.3 Å². The summed E-state index contributed by atoms with van der Waals surface area (Å²) in [5.74, 6) is -0.0363. The fourth-order valence-corrected chi connectivity index (χ4v) is 3.89. The molecule has 112 valence electrons. The largest absolute Gasteiger partial charge is 0.307 e. The van der Waals surface area contributed by atoms with Gasteiger partial charge in [0.05, 0.1) is 11.0 Å². The predicted octanol–water partition coefficient (Wildman–Crippen LogP) is 2.48. The van der Waals surface area contributed by atoms with Gasteiger partial charge in [-0.15, -0.1) is 0 Å². The maximum atomic E-state index is 12.2. The average molecular weight is 350 g/mol. The number of nitrogens with zero attached hydrogens (tertiary/aromatic N) is 2. The van der Waals surface area contributed by atoms with E-state index >= 15 is 0 Å². The molecule has 0 radical (unpaired) electrons. The molecule has 1 aromatic carbocycles. The zero-order valence-corrected chi connectivity index (χ0v) is 12.7. The Bertz CT molecular complexity index is 741. The lowest BCUT2D eigenvalue weighted by molar-refractivity contribution is -0.384. The summed E-state index contributed by atoms with van der Waals surface area (Å²) >= 11 is 11.4. The molecular formula is C11H9Cl2N3O4S. The number of hydrogen-bond acceptors (Lipinski definition) is 5. The van der Waals surface area contributed by atoms with Crippen molar-refractivity contribution in [3.63, 3.8) is 0 Å². The predicted molar refractivity (Wildman–Crippen MR) is 75.6 cm³/mol. The zero-order chi connectivity index (χ0) is 15.8. The topological polar surface area (TPSA) is 113 Å².